The summed E-state index contributed by atoms with van der Waals surface area (Å²) in [5, 5.41) is 0. The molecule has 4 heteroatoms. The summed E-state index contributed by atoms with van der Waals surface area (Å²) in [6, 6.07) is 5.32. The summed E-state index contributed by atoms with van der Waals surface area (Å²) in [4.78, 5) is 3.90. The van der Waals surface area contributed by atoms with Crippen molar-refractivity contribution in [2.24, 2.45) is 5.73 Å². The van der Waals surface area contributed by atoms with Crippen LogP contribution in [-0.4, -0.2) is 23.5 Å². The SMILES string of the molecule is CC(N)C1CCCCN1C(C)c1ccc(Cl)s1. The summed E-state index contributed by atoms with van der Waals surface area (Å²) in [6.07, 6.45) is 3.81. The van der Waals surface area contributed by atoms with Gasteiger partial charge in [0, 0.05) is 23.0 Å². The van der Waals surface area contributed by atoms with Gasteiger partial charge in [0.1, 0.15) is 0 Å². The zero-order valence-electron chi connectivity index (χ0n) is 10.5. The van der Waals surface area contributed by atoms with E-state index in [1.807, 2.05) is 6.07 Å². The summed E-state index contributed by atoms with van der Waals surface area (Å²) in [5.74, 6) is 0. The number of hydrogen-bond acceptors (Lipinski definition) is 3. The third-order valence-electron chi connectivity index (χ3n) is 3.70. The summed E-state index contributed by atoms with van der Waals surface area (Å²) in [5.41, 5.74) is 6.11. The Morgan fingerprint density at radius 1 is 1.41 bits per heavy atom. The zero-order chi connectivity index (χ0) is 12.4. The van der Waals surface area contributed by atoms with Gasteiger partial charge in [-0.25, -0.2) is 0 Å². The lowest BCUT2D eigenvalue weighted by atomic mass is 9.95. The highest BCUT2D eigenvalue weighted by molar-refractivity contribution is 7.16. The zero-order valence-corrected chi connectivity index (χ0v) is 12.1. The van der Waals surface area contributed by atoms with E-state index in [0.29, 0.717) is 12.1 Å². The first-order valence-electron chi connectivity index (χ1n) is 6.36. The molecule has 1 aliphatic rings. The number of piperidine rings is 1. The van der Waals surface area contributed by atoms with E-state index < -0.39 is 0 Å². The fourth-order valence-corrected chi connectivity index (χ4v) is 3.88. The van der Waals surface area contributed by atoms with E-state index in [0.717, 1.165) is 10.9 Å². The Hall–Kier alpha value is -0.0900. The normalized spacial score (nSPS) is 25.8. The minimum Gasteiger partial charge on any atom is -0.327 e. The number of likely N-dealkylation sites (tertiary alicyclic amines) is 1. The Balaban J connectivity index is 2.13. The van der Waals surface area contributed by atoms with Crippen molar-refractivity contribution in [2.75, 3.05) is 6.54 Å². The molecular formula is C13H21ClN2S. The minimum absolute atomic E-state index is 0.244. The molecule has 96 valence electrons. The fourth-order valence-electron chi connectivity index (χ4n) is 2.74. The van der Waals surface area contributed by atoms with Crippen LogP contribution < -0.4 is 5.73 Å². The van der Waals surface area contributed by atoms with Crippen molar-refractivity contribution >= 4 is 22.9 Å². The fraction of sp³-hybridized carbons (Fsp3) is 0.692. The van der Waals surface area contributed by atoms with E-state index in [2.05, 4.69) is 24.8 Å². The Morgan fingerprint density at radius 2 is 2.18 bits per heavy atom. The second kappa shape index (κ2) is 5.70. The standard InChI is InChI=1S/C13H21ClN2S/c1-9(15)11-5-3-4-8-16(11)10(2)12-6-7-13(14)17-12/h6-7,9-11H,3-5,8,15H2,1-2H3. The monoisotopic (exact) mass is 272 g/mol. The quantitative estimate of drug-likeness (QED) is 0.910. The van der Waals surface area contributed by atoms with Gasteiger partial charge in [-0.15, -0.1) is 11.3 Å². The highest BCUT2D eigenvalue weighted by Crippen LogP contribution is 2.34. The van der Waals surface area contributed by atoms with Crippen LogP contribution in [0.4, 0.5) is 0 Å². The lowest BCUT2D eigenvalue weighted by molar-refractivity contribution is 0.0906. The van der Waals surface area contributed by atoms with Crippen LogP contribution in [0.5, 0.6) is 0 Å². The highest BCUT2D eigenvalue weighted by atomic mass is 35.5. The molecule has 0 bridgehead atoms. The first kappa shape index (κ1) is 13.3. The van der Waals surface area contributed by atoms with Crippen LogP contribution in [0.25, 0.3) is 0 Å². The molecule has 2 heterocycles. The maximum atomic E-state index is 6.11. The van der Waals surface area contributed by atoms with Crippen LogP contribution in [0.2, 0.25) is 4.34 Å². The molecule has 0 radical (unpaired) electrons. The Kier molecular flexibility index (Phi) is 4.47. The second-order valence-corrected chi connectivity index (χ2v) is 6.72. The first-order valence-corrected chi connectivity index (χ1v) is 7.55. The molecule has 1 saturated heterocycles. The molecule has 0 amide bonds. The molecule has 1 aromatic rings. The van der Waals surface area contributed by atoms with Crippen molar-refractivity contribution in [1.29, 1.82) is 0 Å². The summed E-state index contributed by atoms with van der Waals surface area (Å²) in [7, 11) is 0. The minimum atomic E-state index is 0.244. The Labute approximate surface area is 113 Å². The molecule has 2 nitrogen and oxygen atoms in total. The number of nitrogens with two attached hydrogens (primary N) is 1. The molecule has 2 N–H and O–H groups in total. The predicted octanol–water partition coefficient (Wildman–Crippen LogP) is 3.66. The molecule has 3 unspecified atom stereocenters. The molecule has 0 spiro atoms. The average Bonchev–Trinajstić information content (AvgIpc) is 2.75. The van der Waals surface area contributed by atoms with Gasteiger partial charge in [0.25, 0.3) is 0 Å². The van der Waals surface area contributed by atoms with E-state index in [1.165, 1.54) is 24.1 Å². The van der Waals surface area contributed by atoms with Gasteiger partial charge in [0.2, 0.25) is 0 Å². The lowest BCUT2D eigenvalue weighted by Crippen LogP contribution is -2.49. The molecule has 3 atom stereocenters. The number of rotatable bonds is 3. The highest BCUT2D eigenvalue weighted by Gasteiger charge is 2.30. The van der Waals surface area contributed by atoms with Crippen molar-refractivity contribution in [3.63, 3.8) is 0 Å². The van der Waals surface area contributed by atoms with E-state index in [1.54, 1.807) is 11.3 Å². The molecule has 0 aliphatic carbocycles. The summed E-state index contributed by atoms with van der Waals surface area (Å²) >= 11 is 7.70. The molecule has 1 aromatic heterocycles. The largest absolute Gasteiger partial charge is 0.327 e. The summed E-state index contributed by atoms with van der Waals surface area (Å²) in [6.45, 7) is 5.54. The van der Waals surface area contributed by atoms with Crippen molar-refractivity contribution in [3.8, 4) is 0 Å². The van der Waals surface area contributed by atoms with Crippen LogP contribution >= 0.6 is 22.9 Å². The maximum Gasteiger partial charge on any atom is 0.0931 e. The lowest BCUT2D eigenvalue weighted by Gasteiger charge is -2.41. The molecule has 2 rings (SSSR count). The van der Waals surface area contributed by atoms with Gasteiger partial charge in [0.05, 0.1) is 4.34 Å². The van der Waals surface area contributed by atoms with Gasteiger partial charge in [-0.05, 0) is 45.4 Å². The Bertz CT molecular complexity index is 364. The van der Waals surface area contributed by atoms with E-state index in [4.69, 9.17) is 17.3 Å². The molecule has 0 saturated carbocycles. The third-order valence-corrected chi connectivity index (χ3v) is 5.10. The van der Waals surface area contributed by atoms with Crippen LogP contribution in [0.1, 0.15) is 44.0 Å². The first-order chi connectivity index (χ1) is 8.09. The van der Waals surface area contributed by atoms with Gasteiger partial charge in [0.15, 0.2) is 0 Å². The van der Waals surface area contributed by atoms with Gasteiger partial charge in [-0.3, -0.25) is 4.90 Å². The molecule has 1 fully saturated rings. The molecule has 0 aromatic carbocycles. The number of thiophene rings is 1. The predicted molar refractivity (Wildman–Crippen MR) is 75.7 cm³/mol. The third kappa shape index (κ3) is 3.02. The van der Waals surface area contributed by atoms with E-state index in [9.17, 15) is 0 Å². The maximum absolute atomic E-state index is 6.11. The van der Waals surface area contributed by atoms with Crippen molar-refractivity contribution in [2.45, 2.75) is 51.2 Å². The van der Waals surface area contributed by atoms with Crippen molar-refractivity contribution in [1.82, 2.24) is 4.90 Å². The van der Waals surface area contributed by atoms with Crippen LogP contribution in [0.15, 0.2) is 12.1 Å². The van der Waals surface area contributed by atoms with Gasteiger partial charge in [-0.1, -0.05) is 18.0 Å². The smallest absolute Gasteiger partial charge is 0.0931 e. The second-order valence-electron chi connectivity index (χ2n) is 4.98. The van der Waals surface area contributed by atoms with Gasteiger partial charge < -0.3 is 5.73 Å². The molecular weight excluding hydrogens is 252 g/mol. The topological polar surface area (TPSA) is 29.3 Å². The number of hydrogen-bond donors (Lipinski definition) is 1. The molecule has 1 aliphatic heterocycles. The number of nitrogens with zero attached hydrogens (tertiary/aromatic N) is 1. The van der Waals surface area contributed by atoms with Crippen LogP contribution in [-0.2, 0) is 0 Å². The van der Waals surface area contributed by atoms with Crippen molar-refractivity contribution in [3.05, 3.63) is 21.3 Å². The van der Waals surface area contributed by atoms with Crippen LogP contribution in [0, 0.1) is 0 Å². The molecule has 17 heavy (non-hydrogen) atoms. The van der Waals surface area contributed by atoms with Crippen molar-refractivity contribution < 1.29 is 0 Å². The average molecular weight is 273 g/mol. The Morgan fingerprint density at radius 3 is 2.76 bits per heavy atom. The van der Waals surface area contributed by atoms with Gasteiger partial charge in [-0.2, -0.15) is 0 Å². The van der Waals surface area contributed by atoms with Crippen LogP contribution in [0.3, 0.4) is 0 Å². The van der Waals surface area contributed by atoms with E-state index in [-0.39, 0.29) is 6.04 Å². The summed E-state index contributed by atoms with van der Waals surface area (Å²) < 4.78 is 0.876. The van der Waals surface area contributed by atoms with Gasteiger partial charge >= 0.3 is 0 Å². The number of halogens is 1. The van der Waals surface area contributed by atoms with E-state index >= 15 is 0 Å².